The Hall–Kier alpha value is -1.52. The number of benzene rings is 1. The standard InChI is InChI=1S/C13H12Cl2N4/c1-18-6-7-19(10-5-3-2-4-9(10)18)11-8-12(14)16-17-13(11)15/h2-5,8H,6-7H2,1H3. The average Bonchev–Trinajstić information content (AvgIpc) is 2.43. The minimum atomic E-state index is 0.343. The van der Waals surface area contributed by atoms with Gasteiger partial charge in [0.15, 0.2) is 10.3 Å². The zero-order chi connectivity index (χ0) is 13.4. The SMILES string of the molecule is CN1CCN(c2cc(Cl)nnc2Cl)c2ccccc21. The molecule has 3 rings (SSSR count). The molecule has 6 heteroatoms. The largest absolute Gasteiger partial charge is 0.371 e. The summed E-state index contributed by atoms with van der Waals surface area (Å²) in [5.41, 5.74) is 3.06. The summed E-state index contributed by atoms with van der Waals surface area (Å²) in [4.78, 5) is 4.34. The summed E-state index contributed by atoms with van der Waals surface area (Å²) in [7, 11) is 2.08. The first-order valence-corrected chi connectivity index (χ1v) is 6.69. The van der Waals surface area contributed by atoms with Gasteiger partial charge in [-0.1, -0.05) is 35.3 Å². The van der Waals surface area contributed by atoms with Gasteiger partial charge in [-0.15, -0.1) is 10.2 Å². The van der Waals surface area contributed by atoms with E-state index in [4.69, 9.17) is 23.2 Å². The van der Waals surface area contributed by atoms with Crippen LogP contribution in [0.3, 0.4) is 0 Å². The van der Waals surface area contributed by atoms with E-state index in [2.05, 4.69) is 39.2 Å². The highest BCUT2D eigenvalue weighted by atomic mass is 35.5. The quantitative estimate of drug-likeness (QED) is 0.807. The Bertz CT molecular complexity index is 617. The average molecular weight is 295 g/mol. The van der Waals surface area contributed by atoms with Crippen molar-refractivity contribution in [2.75, 3.05) is 29.9 Å². The van der Waals surface area contributed by atoms with Gasteiger partial charge in [0.25, 0.3) is 0 Å². The third kappa shape index (κ3) is 2.22. The van der Waals surface area contributed by atoms with Crippen molar-refractivity contribution in [1.29, 1.82) is 0 Å². The van der Waals surface area contributed by atoms with Crippen molar-refractivity contribution in [3.63, 3.8) is 0 Å². The summed E-state index contributed by atoms with van der Waals surface area (Å²) >= 11 is 12.1. The monoisotopic (exact) mass is 294 g/mol. The van der Waals surface area contributed by atoms with Crippen LogP contribution in [0.4, 0.5) is 17.1 Å². The van der Waals surface area contributed by atoms with E-state index in [0.29, 0.717) is 10.3 Å². The highest BCUT2D eigenvalue weighted by molar-refractivity contribution is 6.33. The first kappa shape index (κ1) is 12.5. The Morgan fingerprint density at radius 3 is 2.53 bits per heavy atom. The molecule has 0 atom stereocenters. The predicted octanol–water partition coefficient (Wildman–Crippen LogP) is 3.37. The van der Waals surface area contributed by atoms with Crippen LogP contribution in [0.2, 0.25) is 10.3 Å². The van der Waals surface area contributed by atoms with Crippen molar-refractivity contribution < 1.29 is 0 Å². The van der Waals surface area contributed by atoms with Gasteiger partial charge >= 0.3 is 0 Å². The van der Waals surface area contributed by atoms with E-state index in [1.807, 2.05) is 12.1 Å². The number of hydrogen-bond donors (Lipinski definition) is 0. The summed E-state index contributed by atoms with van der Waals surface area (Å²) < 4.78 is 0. The summed E-state index contributed by atoms with van der Waals surface area (Å²) in [6, 6.07) is 9.94. The molecule has 0 radical (unpaired) electrons. The molecule has 0 spiro atoms. The molecule has 2 aromatic rings. The lowest BCUT2D eigenvalue weighted by atomic mass is 10.1. The molecular formula is C13H12Cl2N4. The number of likely N-dealkylation sites (N-methyl/N-ethyl adjacent to an activating group) is 1. The van der Waals surface area contributed by atoms with Gasteiger partial charge in [0, 0.05) is 26.2 Å². The van der Waals surface area contributed by atoms with E-state index in [9.17, 15) is 0 Å². The number of para-hydroxylation sites is 2. The molecule has 4 nitrogen and oxygen atoms in total. The van der Waals surface area contributed by atoms with Crippen LogP contribution in [0.25, 0.3) is 0 Å². The lowest BCUT2D eigenvalue weighted by molar-refractivity contribution is 0.818. The van der Waals surface area contributed by atoms with Crippen molar-refractivity contribution in [2.24, 2.45) is 0 Å². The lowest BCUT2D eigenvalue weighted by Crippen LogP contribution is -2.36. The second kappa shape index (κ2) is 4.87. The van der Waals surface area contributed by atoms with Crippen LogP contribution in [-0.2, 0) is 0 Å². The fourth-order valence-corrected chi connectivity index (χ4v) is 2.63. The Labute approximate surface area is 121 Å². The van der Waals surface area contributed by atoms with Gasteiger partial charge in [0.1, 0.15) is 0 Å². The molecule has 0 N–H and O–H groups in total. The Balaban J connectivity index is 2.12. The van der Waals surface area contributed by atoms with Crippen molar-refractivity contribution in [3.05, 3.63) is 40.6 Å². The molecule has 98 valence electrons. The highest BCUT2D eigenvalue weighted by Crippen LogP contribution is 2.39. The second-order valence-electron chi connectivity index (χ2n) is 4.41. The fraction of sp³-hybridized carbons (Fsp3) is 0.231. The highest BCUT2D eigenvalue weighted by Gasteiger charge is 2.23. The fourth-order valence-electron chi connectivity index (χ4n) is 2.29. The van der Waals surface area contributed by atoms with E-state index in [1.54, 1.807) is 6.07 Å². The second-order valence-corrected chi connectivity index (χ2v) is 5.15. The van der Waals surface area contributed by atoms with Gasteiger partial charge in [0.05, 0.1) is 17.1 Å². The summed E-state index contributed by atoms with van der Waals surface area (Å²) in [6.45, 7) is 1.74. The summed E-state index contributed by atoms with van der Waals surface area (Å²) in [5, 5.41) is 8.33. The molecule has 0 fully saturated rings. The zero-order valence-corrected chi connectivity index (χ0v) is 11.9. The minimum Gasteiger partial charge on any atom is -0.371 e. The molecular weight excluding hydrogens is 283 g/mol. The van der Waals surface area contributed by atoms with Crippen LogP contribution in [0.1, 0.15) is 0 Å². The molecule has 2 heterocycles. The van der Waals surface area contributed by atoms with Gasteiger partial charge in [-0.3, -0.25) is 0 Å². The maximum atomic E-state index is 6.14. The van der Waals surface area contributed by atoms with Crippen molar-refractivity contribution in [1.82, 2.24) is 10.2 Å². The van der Waals surface area contributed by atoms with Crippen LogP contribution < -0.4 is 9.80 Å². The molecule has 1 aromatic heterocycles. The van der Waals surface area contributed by atoms with Gasteiger partial charge < -0.3 is 9.80 Å². The molecule has 0 bridgehead atoms. The van der Waals surface area contributed by atoms with E-state index in [0.717, 1.165) is 30.2 Å². The molecule has 0 saturated carbocycles. The number of hydrogen-bond acceptors (Lipinski definition) is 4. The Morgan fingerprint density at radius 1 is 1.00 bits per heavy atom. The Kier molecular flexibility index (Phi) is 3.21. The maximum absolute atomic E-state index is 6.14. The summed E-state index contributed by atoms with van der Waals surface area (Å²) in [5.74, 6) is 0. The molecule has 19 heavy (non-hydrogen) atoms. The van der Waals surface area contributed by atoms with Crippen LogP contribution in [0, 0.1) is 0 Å². The topological polar surface area (TPSA) is 32.3 Å². The number of fused-ring (bicyclic) bond motifs is 1. The van der Waals surface area contributed by atoms with E-state index in [-0.39, 0.29) is 0 Å². The predicted molar refractivity (Wildman–Crippen MR) is 78.8 cm³/mol. The van der Waals surface area contributed by atoms with Crippen molar-refractivity contribution in [3.8, 4) is 0 Å². The number of nitrogens with zero attached hydrogens (tertiary/aromatic N) is 4. The van der Waals surface area contributed by atoms with Gasteiger partial charge in [-0.05, 0) is 12.1 Å². The minimum absolute atomic E-state index is 0.343. The summed E-state index contributed by atoms with van der Waals surface area (Å²) in [6.07, 6.45) is 0. The van der Waals surface area contributed by atoms with Gasteiger partial charge in [-0.25, -0.2) is 0 Å². The van der Waals surface area contributed by atoms with E-state index in [1.165, 1.54) is 0 Å². The molecule has 0 aliphatic carbocycles. The smallest absolute Gasteiger partial charge is 0.175 e. The molecule has 1 aromatic carbocycles. The molecule has 0 amide bonds. The lowest BCUT2D eigenvalue weighted by Gasteiger charge is -2.37. The van der Waals surface area contributed by atoms with Gasteiger partial charge in [-0.2, -0.15) is 0 Å². The number of anilines is 3. The van der Waals surface area contributed by atoms with Crippen LogP contribution in [0.5, 0.6) is 0 Å². The number of aromatic nitrogens is 2. The molecule has 1 aliphatic rings. The first-order valence-electron chi connectivity index (χ1n) is 5.93. The van der Waals surface area contributed by atoms with Crippen LogP contribution >= 0.6 is 23.2 Å². The van der Waals surface area contributed by atoms with Crippen molar-refractivity contribution in [2.45, 2.75) is 0 Å². The number of halogens is 2. The van der Waals surface area contributed by atoms with E-state index >= 15 is 0 Å². The molecule has 0 unspecified atom stereocenters. The molecule has 0 saturated heterocycles. The molecule has 1 aliphatic heterocycles. The van der Waals surface area contributed by atoms with Crippen LogP contribution in [0.15, 0.2) is 30.3 Å². The maximum Gasteiger partial charge on any atom is 0.175 e. The zero-order valence-electron chi connectivity index (χ0n) is 10.3. The Morgan fingerprint density at radius 2 is 1.74 bits per heavy atom. The van der Waals surface area contributed by atoms with E-state index < -0.39 is 0 Å². The van der Waals surface area contributed by atoms with Gasteiger partial charge in [0.2, 0.25) is 0 Å². The van der Waals surface area contributed by atoms with Crippen molar-refractivity contribution >= 4 is 40.3 Å². The number of rotatable bonds is 1. The first-order chi connectivity index (χ1) is 9.16. The normalized spacial score (nSPS) is 14.5. The third-order valence-corrected chi connectivity index (χ3v) is 3.69. The van der Waals surface area contributed by atoms with Crippen LogP contribution in [-0.4, -0.2) is 30.3 Å². The third-order valence-electron chi connectivity index (χ3n) is 3.23.